The number of carbonyl (C=O) groups is 1. The van der Waals surface area contributed by atoms with Crippen LogP contribution in [0.5, 0.6) is 0 Å². The van der Waals surface area contributed by atoms with Gasteiger partial charge in [0.15, 0.2) is 0 Å². The SMILES string of the molecule is Cc1cccc(-c2noc(C)c2C(=O)NCCn2ccnc2C)c1. The minimum atomic E-state index is -0.178. The first-order valence-electron chi connectivity index (χ1n) is 7.85. The van der Waals surface area contributed by atoms with Gasteiger partial charge in [0.2, 0.25) is 0 Å². The Labute approximate surface area is 140 Å². The molecule has 0 saturated carbocycles. The predicted molar refractivity (Wildman–Crippen MR) is 90.7 cm³/mol. The van der Waals surface area contributed by atoms with Crippen molar-refractivity contribution in [1.82, 2.24) is 20.0 Å². The zero-order chi connectivity index (χ0) is 17.1. The Morgan fingerprint density at radius 1 is 1.29 bits per heavy atom. The Hall–Kier alpha value is -2.89. The van der Waals surface area contributed by atoms with E-state index >= 15 is 0 Å². The maximum atomic E-state index is 12.6. The molecule has 0 unspecified atom stereocenters. The van der Waals surface area contributed by atoms with E-state index < -0.39 is 0 Å². The number of hydrogen-bond donors (Lipinski definition) is 1. The molecule has 0 fully saturated rings. The maximum absolute atomic E-state index is 12.6. The lowest BCUT2D eigenvalue weighted by Gasteiger charge is -2.08. The van der Waals surface area contributed by atoms with Gasteiger partial charge in [0.1, 0.15) is 22.8 Å². The molecular weight excluding hydrogens is 304 g/mol. The number of imidazole rings is 1. The van der Waals surface area contributed by atoms with E-state index in [1.807, 2.05) is 48.9 Å². The van der Waals surface area contributed by atoms with Crippen LogP contribution in [0.2, 0.25) is 0 Å². The van der Waals surface area contributed by atoms with Crippen LogP contribution in [0.15, 0.2) is 41.2 Å². The predicted octanol–water partition coefficient (Wildman–Crippen LogP) is 2.89. The highest BCUT2D eigenvalue weighted by atomic mass is 16.5. The molecule has 0 atom stereocenters. The molecule has 0 aliphatic rings. The molecule has 1 amide bonds. The molecule has 0 bridgehead atoms. The molecule has 1 N–H and O–H groups in total. The van der Waals surface area contributed by atoms with Crippen molar-refractivity contribution in [3.63, 3.8) is 0 Å². The summed E-state index contributed by atoms with van der Waals surface area (Å²) in [6.45, 7) is 6.86. The van der Waals surface area contributed by atoms with E-state index in [0.717, 1.165) is 17.0 Å². The number of nitrogens with zero attached hydrogens (tertiary/aromatic N) is 3. The fourth-order valence-corrected chi connectivity index (χ4v) is 2.65. The number of hydrogen-bond acceptors (Lipinski definition) is 4. The van der Waals surface area contributed by atoms with Crippen molar-refractivity contribution in [1.29, 1.82) is 0 Å². The average molecular weight is 324 g/mol. The summed E-state index contributed by atoms with van der Waals surface area (Å²) in [5.74, 6) is 1.26. The summed E-state index contributed by atoms with van der Waals surface area (Å²) < 4.78 is 7.24. The summed E-state index contributed by atoms with van der Waals surface area (Å²) in [5.41, 5.74) is 3.05. The van der Waals surface area contributed by atoms with E-state index in [-0.39, 0.29) is 5.91 Å². The highest BCUT2D eigenvalue weighted by Crippen LogP contribution is 2.25. The van der Waals surface area contributed by atoms with Gasteiger partial charge in [0, 0.05) is 31.0 Å². The molecule has 0 aliphatic carbocycles. The fraction of sp³-hybridized carbons (Fsp3) is 0.278. The van der Waals surface area contributed by atoms with Gasteiger partial charge >= 0.3 is 0 Å². The third kappa shape index (κ3) is 3.22. The Morgan fingerprint density at radius 2 is 2.12 bits per heavy atom. The molecule has 0 radical (unpaired) electrons. The van der Waals surface area contributed by atoms with Crippen LogP contribution in [0.25, 0.3) is 11.3 Å². The Bertz CT molecular complexity index is 864. The molecule has 24 heavy (non-hydrogen) atoms. The number of nitrogens with one attached hydrogen (secondary N) is 1. The second-order valence-corrected chi connectivity index (χ2v) is 5.76. The quantitative estimate of drug-likeness (QED) is 0.783. The summed E-state index contributed by atoms with van der Waals surface area (Å²) >= 11 is 0. The number of rotatable bonds is 5. The van der Waals surface area contributed by atoms with Gasteiger partial charge in [-0.25, -0.2) is 4.98 Å². The van der Waals surface area contributed by atoms with Crippen molar-refractivity contribution >= 4 is 5.91 Å². The number of carbonyl (C=O) groups excluding carboxylic acids is 1. The van der Waals surface area contributed by atoms with E-state index in [2.05, 4.69) is 15.5 Å². The van der Waals surface area contributed by atoms with Gasteiger partial charge < -0.3 is 14.4 Å². The Morgan fingerprint density at radius 3 is 2.83 bits per heavy atom. The lowest BCUT2D eigenvalue weighted by atomic mass is 10.0. The standard InChI is InChI=1S/C18H20N4O2/c1-12-5-4-6-15(11-12)17-16(13(2)24-21-17)18(23)20-8-10-22-9-7-19-14(22)3/h4-7,9,11H,8,10H2,1-3H3,(H,20,23). The molecule has 124 valence electrons. The molecule has 0 aliphatic heterocycles. The number of benzene rings is 1. The van der Waals surface area contributed by atoms with Crippen LogP contribution in [0.3, 0.4) is 0 Å². The van der Waals surface area contributed by atoms with Crippen molar-refractivity contribution < 1.29 is 9.32 Å². The second kappa shape index (κ2) is 6.70. The van der Waals surface area contributed by atoms with Crippen molar-refractivity contribution in [3.8, 4) is 11.3 Å². The first-order chi connectivity index (χ1) is 11.6. The number of aromatic nitrogens is 3. The summed E-state index contributed by atoms with van der Waals surface area (Å²) in [6, 6.07) is 7.86. The molecule has 2 heterocycles. The Kier molecular flexibility index (Phi) is 4.46. The van der Waals surface area contributed by atoms with E-state index in [9.17, 15) is 4.79 Å². The Balaban J connectivity index is 1.75. The van der Waals surface area contributed by atoms with Crippen LogP contribution in [0.4, 0.5) is 0 Å². The molecule has 0 spiro atoms. The van der Waals surface area contributed by atoms with Crippen LogP contribution in [-0.2, 0) is 6.54 Å². The lowest BCUT2D eigenvalue weighted by molar-refractivity contribution is 0.0951. The van der Waals surface area contributed by atoms with Crippen LogP contribution in [-0.4, -0.2) is 27.2 Å². The van der Waals surface area contributed by atoms with Crippen molar-refractivity contribution in [2.45, 2.75) is 27.3 Å². The molecule has 1 aromatic carbocycles. The fourth-order valence-electron chi connectivity index (χ4n) is 2.65. The summed E-state index contributed by atoms with van der Waals surface area (Å²) in [6.07, 6.45) is 3.64. The molecule has 6 nitrogen and oxygen atoms in total. The van der Waals surface area contributed by atoms with E-state index in [1.165, 1.54) is 0 Å². The average Bonchev–Trinajstić information content (AvgIpc) is 3.13. The summed E-state index contributed by atoms with van der Waals surface area (Å²) in [4.78, 5) is 16.7. The number of amides is 1. The van der Waals surface area contributed by atoms with Crippen LogP contribution in [0, 0.1) is 20.8 Å². The number of aryl methyl sites for hydroxylation is 3. The third-order valence-corrected chi connectivity index (χ3v) is 3.94. The topological polar surface area (TPSA) is 73.0 Å². The highest BCUT2D eigenvalue weighted by molar-refractivity contribution is 6.00. The molecule has 0 saturated heterocycles. The third-order valence-electron chi connectivity index (χ3n) is 3.94. The molecule has 2 aromatic heterocycles. The maximum Gasteiger partial charge on any atom is 0.257 e. The minimum Gasteiger partial charge on any atom is -0.360 e. The largest absolute Gasteiger partial charge is 0.360 e. The van der Waals surface area contributed by atoms with Crippen LogP contribution in [0.1, 0.15) is 27.5 Å². The minimum absolute atomic E-state index is 0.178. The van der Waals surface area contributed by atoms with Crippen molar-refractivity contribution in [2.75, 3.05) is 6.54 Å². The van der Waals surface area contributed by atoms with Crippen LogP contribution >= 0.6 is 0 Å². The lowest BCUT2D eigenvalue weighted by Crippen LogP contribution is -2.28. The van der Waals surface area contributed by atoms with Gasteiger partial charge in [-0.1, -0.05) is 28.9 Å². The second-order valence-electron chi connectivity index (χ2n) is 5.76. The summed E-state index contributed by atoms with van der Waals surface area (Å²) in [7, 11) is 0. The molecule has 3 rings (SSSR count). The van der Waals surface area contributed by atoms with Crippen molar-refractivity contribution in [3.05, 3.63) is 59.4 Å². The van der Waals surface area contributed by atoms with Gasteiger partial charge in [-0.05, 0) is 26.8 Å². The van der Waals surface area contributed by atoms with Gasteiger partial charge in [-0.2, -0.15) is 0 Å². The zero-order valence-corrected chi connectivity index (χ0v) is 14.0. The molecule has 3 aromatic rings. The van der Waals surface area contributed by atoms with E-state index in [0.29, 0.717) is 30.1 Å². The van der Waals surface area contributed by atoms with Gasteiger partial charge in [0.05, 0.1) is 0 Å². The summed E-state index contributed by atoms with van der Waals surface area (Å²) in [5, 5.41) is 7.00. The smallest absolute Gasteiger partial charge is 0.257 e. The van der Waals surface area contributed by atoms with Gasteiger partial charge in [0.25, 0.3) is 5.91 Å². The van der Waals surface area contributed by atoms with E-state index in [4.69, 9.17) is 4.52 Å². The van der Waals surface area contributed by atoms with Gasteiger partial charge in [-0.15, -0.1) is 0 Å². The normalized spacial score (nSPS) is 10.8. The highest BCUT2D eigenvalue weighted by Gasteiger charge is 2.21. The van der Waals surface area contributed by atoms with Gasteiger partial charge in [-0.3, -0.25) is 4.79 Å². The van der Waals surface area contributed by atoms with E-state index in [1.54, 1.807) is 13.1 Å². The van der Waals surface area contributed by atoms with Crippen LogP contribution < -0.4 is 5.32 Å². The molecule has 6 heteroatoms. The first-order valence-corrected chi connectivity index (χ1v) is 7.85. The van der Waals surface area contributed by atoms with Crippen molar-refractivity contribution in [2.24, 2.45) is 0 Å². The molecular formula is C18H20N4O2. The zero-order valence-electron chi connectivity index (χ0n) is 14.0. The first kappa shape index (κ1) is 16.0. The monoisotopic (exact) mass is 324 g/mol.